The number of hydrogen-bond donors (Lipinski definition) is 1. The Hall–Kier alpha value is -4.79. The number of carbonyl (C=O) groups excluding carboxylic acids is 2. The van der Waals surface area contributed by atoms with E-state index in [1.54, 1.807) is 41.2 Å². The molecule has 0 bridgehead atoms. The molecule has 2 aromatic carbocycles. The average Bonchev–Trinajstić information content (AvgIpc) is 3.10. The van der Waals surface area contributed by atoms with Crippen molar-refractivity contribution in [3.05, 3.63) is 70.4 Å². The molecule has 0 spiro atoms. The van der Waals surface area contributed by atoms with Gasteiger partial charge >= 0.3 is 12.2 Å². The van der Waals surface area contributed by atoms with Crippen molar-refractivity contribution in [2.45, 2.75) is 97.4 Å². The van der Waals surface area contributed by atoms with Crippen LogP contribution in [0.4, 0.5) is 19.7 Å². The number of nitrogens with zero attached hydrogens (tertiary/aromatic N) is 3. The number of benzene rings is 2. The Labute approximate surface area is 322 Å². The van der Waals surface area contributed by atoms with Gasteiger partial charge in [-0.3, -0.25) is 9.52 Å². The molecule has 55 heavy (non-hydrogen) atoms. The number of pyridine rings is 1. The van der Waals surface area contributed by atoms with E-state index in [2.05, 4.69) is 4.72 Å². The number of rotatable bonds is 9. The van der Waals surface area contributed by atoms with Crippen molar-refractivity contribution in [2.75, 3.05) is 36.7 Å². The molecule has 2 saturated heterocycles. The first-order valence-electron chi connectivity index (χ1n) is 18.7. The number of ether oxygens (including phenoxy) is 4. The fraction of sp³-hybridized carbons (Fsp3) is 0.525. The number of likely N-dealkylation sites (tertiary alicyclic amines) is 2. The highest BCUT2D eigenvalue weighted by atomic mass is 32.2. The van der Waals surface area contributed by atoms with Crippen LogP contribution in [0, 0.1) is 5.82 Å². The molecule has 13 nitrogen and oxygen atoms in total. The molecule has 0 radical (unpaired) electrons. The highest BCUT2D eigenvalue weighted by Crippen LogP contribution is 2.41. The molecule has 5 rings (SSSR count). The predicted octanol–water partition coefficient (Wildman–Crippen LogP) is 7.64. The van der Waals surface area contributed by atoms with Crippen molar-refractivity contribution < 1.29 is 41.3 Å². The molecule has 2 aliphatic rings. The smallest absolute Gasteiger partial charge is 0.410 e. The number of piperidine rings is 2. The standard InChI is InChI=1S/C40H53FN4O9S/c1-9-55(49,50)42-28-11-13-33(52-34-12-10-27(22-32(34)41)26-14-18-44(19-15-26)37(47)53-39(2,3)4)30(23-28)31-25-43(8)36(46)24-35(31)51-29-16-20-45(21-17-29)38(48)54-40(5,6)7/h10-13,22-26,29,42H,9,14-21H2,1-8H3. The Bertz CT molecular complexity index is 2040. The van der Waals surface area contributed by atoms with Gasteiger partial charge in [-0.25, -0.2) is 22.4 Å². The molecule has 2 aliphatic heterocycles. The minimum atomic E-state index is -3.66. The molecular formula is C40H53FN4O9S. The monoisotopic (exact) mass is 784 g/mol. The van der Waals surface area contributed by atoms with Crippen molar-refractivity contribution in [2.24, 2.45) is 7.05 Å². The van der Waals surface area contributed by atoms with Crippen molar-refractivity contribution in [1.29, 1.82) is 0 Å². The Kier molecular flexibility index (Phi) is 12.4. The number of sulfonamides is 1. The van der Waals surface area contributed by atoms with Gasteiger partial charge in [0.1, 0.15) is 28.8 Å². The van der Waals surface area contributed by atoms with E-state index < -0.39 is 33.1 Å². The summed E-state index contributed by atoms with van der Waals surface area (Å²) in [6, 6.07) is 10.8. The Morgan fingerprint density at radius 3 is 1.91 bits per heavy atom. The van der Waals surface area contributed by atoms with E-state index in [1.165, 1.54) is 35.8 Å². The number of hydrogen-bond acceptors (Lipinski definition) is 9. The molecule has 0 saturated carbocycles. The van der Waals surface area contributed by atoms with E-state index in [9.17, 15) is 22.8 Å². The lowest BCUT2D eigenvalue weighted by Gasteiger charge is -2.33. The second kappa shape index (κ2) is 16.5. The van der Waals surface area contributed by atoms with Gasteiger partial charge in [-0.15, -0.1) is 0 Å². The summed E-state index contributed by atoms with van der Waals surface area (Å²) in [5, 5.41) is 0. The van der Waals surface area contributed by atoms with E-state index in [1.807, 2.05) is 41.5 Å². The van der Waals surface area contributed by atoms with Gasteiger partial charge in [0.15, 0.2) is 11.6 Å². The van der Waals surface area contributed by atoms with Crippen LogP contribution in [0.1, 0.15) is 85.6 Å². The fourth-order valence-corrected chi connectivity index (χ4v) is 7.04. The number of nitrogens with one attached hydrogen (secondary N) is 1. The molecule has 3 heterocycles. The number of anilines is 1. The molecule has 0 unspecified atom stereocenters. The minimum absolute atomic E-state index is 0.0324. The van der Waals surface area contributed by atoms with Crippen LogP contribution >= 0.6 is 0 Å². The first-order chi connectivity index (χ1) is 25.7. The quantitative estimate of drug-likeness (QED) is 0.231. The van der Waals surface area contributed by atoms with Gasteiger partial charge in [-0.05, 0) is 103 Å². The van der Waals surface area contributed by atoms with Gasteiger partial charge in [0, 0.05) is 75.1 Å². The number of amides is 2. The topological polar surface area (TPSA) is 146 Å². The summed E-state index contributed by atoms with van der Waals surface area (Å²) < 4.78 is 68.6. The minimum Gasteiger partial charge on any atom is -0.489 e. The van der Waals surface area contributed by atoms with Crippen LogP contribution in [0.3, 0.4) is 0 Å². The summed E-state index contributed by atoms with van der Waals surface area (Å²) in [6.45, 7) is 14.2. The summed E-state index contributed by atoms with van der Waals surface area (Å²) in [4.78, 5) is 41.4. The number of aromatic nitrogens is 1. The molecular weight excluding hydrogens is 732 g/mol. The average molecular weight is 785 g/mol. The highest BCUT2D eigenvalue weighted by molar-refractivity contribution is 7.92. The number of halogens is 1. The molecule has 0 aliphatic carbocycles. The van der Waals surface area contributed by atoms with Crippen molar-refractivity contribution in [1.82, 2.24) is 14.4 Å². The molecule has 1 aromatic heterocycles. The number of carbonyl (C=O) groups is 2. The largest absolute Gasteiger partial charge is 0.489 e. The summed E-state index contributed by atoms with van der Waals surface area (Å²) in [7, 11) is -2.08. The second-order valence-electron chi connectivity index (χ2n) is 16.0. The van der Waals surface area contributed by atoms with Gasteiger partial charge in [-0.2, -0.15) is 0 Å². The first kappa shape index (κ1) is 41.4. The van der Waals surface area contributed by atoms with Crippen molar-refractivity contribution >= 4 is 27.9 Å². The molecule has 300 valence electrons. The fourth-order valence-electron chi connectivity index (χ4n) is 6.41. The van der Waals surface area contributed by atoms with E-state index >= 15 is 4.39 Å². The SMILES string of the molecule is CCS(=O)(=O)Nc1ccc(Oc2ccc(C3CCN(C(=O)OC(C)(C)C)CC3)cc2F)c(-c2cn(C)c(=O)cc2OC2CCN(C(=O)OC(C)(C)C)CC2)c1. The molecule has 3 aromatic rings. The summed E-state index contributed by atoms with van der Waals surface area (Å²) in [5.74, 6) is -0.353. The molecule has 2 amide bonds. The Morgan fingerprint density at radius 1 is 0.800 bits per heavy atom. The highest BCUT2D eigenvalue weighted by Gasteiger charge is 2.30. The lowest BCUT2D eigenvalue weighted by atomic mass is 9.89. The van der Waals surface area contributed by atoms with Crippen LogP contribution in [-0.4, -0.2) is 84.2 Å². The number of aryl methyl sites for hydroxylation is 1. The first-order valence-corrected chi connectivity index (χ1v) is 20.3. The van der Waals surface area contributed by atoms with Gasteiger partial charge < -0.3 is 33.3 Å². The maximum atomic E-state index is 15.8. The van der Waals surface area contributed by atoms with Gasteiger partial charge in [0.2, 0.25) is 10.0 Å². The van der Waals surface area contributed by atoms with Crippen LogP contribution in [0.2, 0.25) is 0 Å². The third kappa shape index (κ3) is 11.1. The van der Waals surface area contributed by atoms with E-state index in [-0.39, 0.29) is 52.4 Å². The maximum Gasteiger partial charge on any atom is 0.410 e. The van der Waals surface area contributed by atoms with Crippen molar-refractivity contribution in [3.63, 3.8) is 0 Å². The van der Waals surface area contributed by atoms with Crippen LogP contribution in [0.25, 0.3) is 11.1 Å². The summed E-state index contributed by atoms with van der Waals surface area (Å²) >= 11 is 0. The third-order valence-electron chi connectivity index (χ3n) is 9.29. The maximum absolute atomic E-state index is 15.8. The van der Waals surface area contributed by atoms with Crippen LogP contribution < -0.4 is 19.8 Å². The summed E-state index contributed by atoms with van der Waals surface area (Å²) in [5.41, 5.74) is 0.229. The zero-order valence-corrected chi connectivity index (χ0v) is 33.8. The predicted molar refractivity (Wildman–Crippen MR) is 208 cm³/mol. The van der Waals surface area contributed by atoms with Crippen LogP contribution in [0.15, 0.2) is 53.5 Å². The lowest BCUT2D eigenvalue weighted by Crippen LogP contribution is -2.44. The second-order valence-corrected chi connectivity index (χ2v) is 18.0. The van der Waals surface area contributed by atoms with E-state index in [0.717, 1.165) is 5.56 Å². The third-order valence-corrected chi connectivity index (χ3v) is 10.6. The zero-order chi connectivity index (χ0) is 40.3. The van der Waals surface area contributed by atoms with Gasteiger partial charge in [0.05, 0.1) is 5.75 Å². The molecule has 2 fully saturated rings. The molecule has 0 atom stereocenters. The Balaban J connectivity index is 1.41. The van der Waals surface area contributed by atoms with Crippen LogP contribution in [-0.2, 0) is 26.5 Å². The van der Waals surface area contributed by atoms with Gasteiger partial charge in [0.25, 0.3) is 5.56 Å². The van der Waals surface area contributed by atoms with Crippen LogP contribution in [0.5, 0.6) is 17.2 Å². The lowest BCUT2D eigenvalue weighted by molar-refractivity contribution is 0.0125. The zero-order valence-electron chi connectivity index (χ0n) is 32.9. The molecule has 1 N–H and O–H groups in total. The van der Waals surface area contributed by atoms with E-state index in [0.29, 0.717) is 63.0 Å². The van der Waals surface area contributed by atoms with Gasteiger partial charge in [-0.1, -0.05) is 6.07 Å². The molecule has 15 heteroatoms. The Morgan fingerprint density at radius 2 is 1.36 bits per heavy atom. The normalized spacial score (nSPS) is 16.1. The summed E-state index contributed by atoms with van der Waals surface area (Å²) in [6.07, 6.45) is 2.70. The van der Waals surface area contributed by atoms with Crippen molar-refractivity contribution in [3.8, 4) is 28.4 Å². The van der Waals surface area contributed by atoms with E-state index in [4.69, 9.17) is 18.9 Å².